The van der Waals surface area contributed by atoms with E-state index in [0.717, 1.165) is 16.3 Å². The van der Waals surface area contributed by atoms with Crippen LogP contribution in [-0.2, 0) is 23.3 Å². The summed E-state index contributed by atoms with van der Waals surface area (Å²) in [6, 6.07) is 8.59. The van der Waals surface area contributed by atoms with Gasteiger partial charge in [0.05, 0.1) is 17.6 Å². The molecule has 0 radical (unpaired) electrons. The van der Waals surface area contributed by atoms with Crippen molar-refractivity contribution in [3.05, 3.63) is 71.9 Å². The number of halogens is 3. The maximum Gasteiger partial charge on any atom is 0.398 e. The molecule has 1 saturated heterocycles. The molecular formula is C25H25F3N6O2. The van der Waals surface area contributed by atoms with Gasteiger partial charge in [-0.05, 0) is 62.1 Å². The molecule has 36 heavy (non-hydrogen) atoms. The minimum Gasteiger partial charge on any atom is -0.363 e. The molecule has 1 aromatic carbocycles. The monoisotopic (exact) mass is 498 g/mol. The first kappa shape index (κ1) is 23.8. The number of aromatic amines is 1. The smallest absolute Gasteiger partial charge is 0.363 e. The Hall–Kier alpha value is -3.89. The van der Waals surface area contributed by atoms with Gasteiger partial charge >= 0.3 is 12.2 Å². The lowest BCUT2D eigenvalue weighted by Gasteiger charge is -2.27. The van der Waals surface area contributed by atoms with Crippen LogP contribution in [-0.4, -0.2) is 43.5 Å². The minimum atomic E-state index is -4.33. The molecule has 3 amide bonds. The summed E-state index contributed by atoms with van der Waals surface area (Å²) in [4.78, 5) is 40.5. The summed E-state index contributed by atoms with van der Waals surface area (Å²) in [5.41, 5.74) is -1.80. The molecule has 11 heteroatoms. The number of urea groups is 1. The summed E-state index contributed by atoms with van der Waals surface area (Å²) in [5, 5.41) is 3.15. The van der Waals surface area contributed by atoms with Crippen LogP contribution in [0.2, 0.25) is 0 Å². The second-order valence-corrected chi connectivity index (χ2v) is 9.63. The molecule has 8 nitrogen and oxygen atoms in total. The van der Waals surface area contributed by atoms with Gasteiger partial charge in [0, 0.05) is 25.1 Å². The van der Waals surface area contributed by atoms with Crippen molar-refractivity contribution in [1.29, 1.82) is 0 Å². The van der Waals surface area contributed by atoms with E-state index in [1.54, 1.807) is 44.6 Å². The Balaban J connectivity index is 1.34. The third-order valence-electron chi connectivity index (χ3n) is 6.95. The Labute approximate surface area is 205 Å². The molecule has 3 aromatic rings. The normalized spacial score (nSPS) is 18.6. The van der Waals surface area contributed by atoms with Gasteiger partial charge in [-0.2, -0.15) is 13.2 Å². The van der Waals surface area contributed by atoms with Crippen molar-refractivity contribution >= 4 is 23.4 Å². The first-order chi connectivity index (χ1) is 17.0. The Morgan fingerprint density at radius 3 is 2.39 bits per heavy atom. The molecule has 2 aromatic heterocycles. The summed E-state index contributed by atoms with van der Waals surface area (Å²) in [7, 11) is 0. The van der Waals surface area contributed by atoms with Crippen LogP contribution in [0, 0.1) is 0 Å². The number of nitrogens with zero attached hydrogens (tertiary/aromatic N) is 4. The van der Waals surface area contributed by atoms with Gasteiger partial charge < -0.3 is 15.2 Å². The van der Waals surface area contributed by atoms with Gasteiger partial charge in [0.25, 0.3) is 5.91 Å². The van der Waals surface area contributed by atoms with Crippen LogP contribution in [0.15, 0.2) is 55.0 Å². The molecule has 188 valence electrons. The minimum absolute atomic E-state index is 0.0442. The standard InChI is InChI=1S/C25H25F3N6O2/c1-23(2)21(35)34(18-5-3-17(4-6-18)24(8-9-24)25(26,27)28)22(36)33(23)15-16-7-10-29-19(13-16)32-14-20-30-11-12-31-20/h3-7,10-13H,8-9,14-15H2,1-2H3,(H,29,32)(H,30,31). The van der Waals surface area contributed by atoms with Gasteiger partial charge in [-0.25, -0.2) is 19.7 Å². The lowest BCUT2D eigenvalue weighted by Crippen LogP contribution is -2.43. The van der Waals surface area contributed by atoms with Crippen molar-refractivity contribution < 1.29 is 22.8 Å². The number of carbonyl (C=O) groups is 2. The number of rotatable bonds is 7. The van der Waals surface area contributed by atoms with Gasteiger partial charge in [-0.3, -0.25) is 4.79 Å². The van der Waals surface area contributed by atoms with Gasteiger partial charge in [0.15, 0.2) is 0 Å². The molecule has 2 fully saturated rings. The van der Waals surface area contributed by atoms with Crippen LogP contribution in [0.3, 0.4) is 0 Å². The fourth-order valence-corrected chi connectivity index (χ4v) is 4.54. The average Bonchev–Trinajstić information content (AvgIpc) is 3.47. The molecule has 0 unspecified atom stereocenters. The Morgan fingerprint density at radius 2 is 1.78 bits per heavy atom. The second kappa shape index (κ2) is 8.35. The Kier molecular flexibility index (Phi) is 5.53. The SMILES string of the molecule is CC1(C)C(=O)N(c2ccc(C3(C(F)(F)F)CC3)cc2)C(=O)N1Cc1ccnc(NCc2ncc[nH]2)c1. The van der Waals surface area contributed by atoms with E-state index < -0.39 is 29.1 Å². The molecule has 1 aliphatic heterocycles. The van der Waals surface area contributed by atoms with E-state index in [4.69, 9.17) is 0 Å². The molecule has 2 aliphatic rings. The van der Waals surface area contributed by atoms with Gasteiger partial charge in [0.2, 0.25) is 0 Å². The molecule has 1 saturated carbocycles. The zero-order valence-corrected chi connectivity index (χ0v) is 19.8. The lowest BCUT2D eigenvalue weighted by molar-refractivity contribution is -0.160. The predicted molar refractivity (Wildman–Crippen MR) is 126 cm³/mol. The Bertz CT molecular complexity index is 1280. The lowest BCUT2D eigenvalue weighted by atomic mass is 9.95. The van der Waals surface area contributed by atoms with Crippen LogP contribution in [0.5, 0.6) is 0 Å². The first-order valence-corrected chi connectivity index (χ1v) is 11.5. The number of benzene rings is 1. The third-order valence-corrected chi connectivity index (χ3v) is 6.95. The van der Waals surface area contributed by atoms with Crippen LogP contribution in [0.1, 0.15) is 43.6 Å². The number of aromatic nitrogens is 3. The molecular weight excluding hydrogens is 473 g/mol. The molecule has 0 bridgehead atoms. The number of hydrogen-bond acceptors (Lipinski definition) is 5. The zero-order valence-electron chi connectivity index (χ0n) is 19.8. The molecule has 3 heterocycles. The maximum atomic E-state index is 13.5. The van der Waals surface area contributed by atoms with Gasteiger partial charge in [0.1, 0.15) is 17.2 Å². The van der Waals surface area contributed by atoms with Crippen molar-refractivity contribution in [1.82, 2.24) is 19.9 Å². The highest BCUT2D eigenvalue weighted by atomic mass is 19.4. The fourth-order valence-electron chi connectivity index (χ4n) is 4.54. The number of pyridine rings is 1. The summed E-state index contributed by atoms with van der Waals surface area (Å²) in [5.74, 6) is 0.890. The van der Waals surface area contributed by atoms with Crippen LogP contribution in [0.4, 0.5) is 29.5 Å². The van der Waals surface area contributed by atoms with Crippen molar-refractivity contribution in [3.63, 3.8) is 0 Å². The van der Waals surface area contributed by atoms with Crippen LogP contribution >= 0.6 is 0 Å². The number of nitrogens with one attached hydrogen (secondary N) is 2. The highest BCUT2D eigenvalue weighted by Crippen LogP contribution is 2.59. The van der Waals surface area contributed by atoms with E-state index in [1.807, 2.05) is 0 Å². The average molecular weight is 499 g/mol. The van der Waals surface area contributed by atoms with Crippen molar-refractivity contribution in [2.24, 2.45) is 0 Å². The summed E-state index contributed by atoms with van der Waals surface area (Å²) in [6.07, 6.45) is 0.741. The molecule has 0 spiro atoms. The largest absolute Gasteiger partial charge is 0.398 e. The maximum absolute atomic E-state index is 13.5. The number of imide groups is 1. The second-order valence-electron chi connectivity index (χ2n) is 9.63. The third kappa shape index (κ3) is 3.98. The summed E-state index contributed by atoms with van der Waals surface area (Å²) in [6.45, 7) is 3.90. The number of anilines is 2. The predicted octanol–water partition coefficient (Wildman–Crippen LogP) is 4.76. The van der Waals surface area contributed by atoms with E-state index >= 15 is 0 Å². The Morgan fingerprint density at radius 1 is 1.06 bits per heavy atom. The van der Waals surface area contributed by atoms with Gasteiger partial charge in [-0.1, -0.05) is 12.1 Å². The first-order valence-electron chi connectivity index (χ1n) is 11.5. The summed E-state index contributed by atoms with van der Waals surface area (Å²) >= 11 is 0. The molecule has 2 N–H and O–H groups in total. The van der Waals surface area contributed by atoms with Crippen LogP contribution < -0.4 is 10.2 Å². The van der Waals surface area contributed by atoms with Crippen LogP contribution in [0.25, 0.3) is 0 Å². The van der Waals surface area contributed by atoms with Gasteiger partial charge in [-0.15, -0.1) is 0 Å². The molecule has 1 aliphatic carbocycles. The van der Waals surface area contributed by atoms with E-state index in [2.05, 4.69) is 20.3 Å². The van der Waals surface area contributed by atoms with E-state index in [9.17, 15) is 22.8 Å². The number of imidazole rings is 1. The van der Waals surface area contributed by atoms with Crippen molar-refractivity contribution in [3.8, 4) is 0 Å². The van der Waals surface area contributed by atoms with E-state index in [1.165, 1.54) is 29.2 Å². The molecule has 5 rings (SSSR count). The topological polar surface area (TPSA) is 94.2 Å². The number of amides is 3. The number of carbonyl (C=O) groups excluding carboxylic acids is 2. The van der Waals surface area contributed by atoms with Crippen molar-refractivity contribution in [2.75, 3.05) is 10.2 Å². The highest BCUT2D eigenvalue weighted by Gasteiger charge is 2.64. The van der Waals surface area contributed by atoms with E-state index in [-0.39, 0.29) is 30.6 Å². The number of hydrogen-bond donors (Lipinski definition) is 2. The van der Waals surface area contributed by atoms with E-state index in [0.29, 0.717) is 12.4 Å². The highest BCUT2D eigenvalue weighted by molar-refractivity contribution is 6.22. The molecule has 0 atom stereocenters. The quantitative estimate of drug-likeness (QED) is 0.458. The number of H-pyrrole nitrogens is 1. The zero-order chi connectivity index (χ0) is 25.7. The number of alkyl halides is 3. The van der Waals surface area contributed by atoms with Crippen molar-refractivity contribution in [2.45, 2.75) is 56.9 Å². The fraction of sp³-hybridized carbons (Fsp3) is 0.360. The summed E-state index contributed by atoms with van der Waals surface area (Å²) < 4.78 is 40.4.